The quantitative estimate of drug-likeness (QED) is 0.109. The molecule has 1 aromatic carbocycles. The fraction of sp³-hybridized carbons (Fsp3) is 0.667. The largest absolute Gasteiger partial charge is 0.462 e. The van der Waals surface area contributed by atoms with Crippen LogP contribution in [0.4, 0.5) is 5.69 Å². The summed E-state index contributed by atoms with van der Waals surface area (Å²) in [5, 5.41) is 9.43. The van der Waals surface area contributed by atoms with Crippen molar-refractivity contribution < 1.29 is 9.53 Å². The Labute approximate surface area is 209 Å². The van der Waals surface area contributed by atoms with Gasteiger partial charge in [-0.15, -0.1) is 0 Å². The summed E-state index contributed by atoms with van der Waals surface area (Å²) in [5.74, 6) is -0.438. The molecule has 0 saturated carbocycles. The standard InChI is InChI=1S/C30H48N2O2/c1-5-6-7-8-9-10-11-12-13-14-15-16-17-18-19-20-24-34-30(33)26(2)29-27(25-31)22-21-23-28(29)32(3)4/h21-23H,2,5-20,24H2,1,3-4H3. The molecule has 0 atom stereocenters. The third kappa shape index (κ3) is 12.3. The molecular formula is C30H48N2O2. The number of benzene rings is 1. The number of rotatable bonds is 20. The number of hydrogen-bond acceptors (Lipinski definition) is 4. The second-order valence-corrected chi connectivity index (χ2v) is 9.62. The van der Waals surface area contributed by atoms with Crippen molar-refractivity contribution in [1.29, 1.82) is 5.26 Å². The summed E-state index contributed by atoms with van der Waals surface area (Å²) < 4.78 is 5.45. The molecule has 0 aliphatic carbocycles. The van der Waals surface area contributed by atoms with Gasteiger partial charge in [0.1, 0.15) is 0 Å². The Morgan fingerprint density at radius 3 is 1.76 bits per heavy atom. The van der Waals surface area contributed by atoms with Crippen molar-refractivity contribution >= 4 is 17.2 Å². The molecule has 0 aromatic heterocycles. The summed E-state index contributed by atoms with van der Waals surface area (Å²) in [6.07, 6.45) is 21.1. The molecule has 1 rings (SSSR count). The van der Waals surface area contributed by atoms with Crippen LogP contribution in [-0.4, -0.2) is 26.7 Å². The number of unbranched alkanes of at least 4 members (excludes halogenated alkanes) is 15. The van der Waals surface area contributed by atoms with Gasteiger partial charge in [-0.3, -0.25) is 0 Å². The van der Waals surface area contributed by atoms with Crippen LogP contribution in [-0.2, 0) is 9.53 Å². The third-order valence-corrected chi connectivity index (χ3v) is 6.42. The second kappa shape index (κ2) is 19.1. The number of nitriles is 1. The third-order valence-electron chi connectivity index (χ3n) is 6.42. The van der Waals surface area contributed by atoms with Crippen LogP contribution in [0, 0.1) is 11.3 Å². The molecule has 1 aromatic rings. The fourth-order valence-electron chi connectivity index (χ4n) is 4.33. The maximum Gasteiger partial charge on any atom is 0.338 e. The van der Waals surface area contributed by atoms with Crippen LogP contribution in [0.5, 0.6) is 0 Å². The lowest BCUT2D eigenvalue weighted by Gasteiger charge is -2.19. The zero-order valence-corrected chi connectivity index (χ0v) is 22.2. The molecule has 0 radical (unpaired) electrons. The van der Waals surface area contributed by atoms with E-state index in [0.717, 1.165) is 18.5 Å². The van der Waals surface area contributed by atoms with Crippen molar-refractivity contribution in [3.8, 4) is 6.07 Å². The Morgan fingerprint density at radius 1 is 0.853 bits per heavy atom. The minimum absolute atomic E-state index is 0.248. The zero-order valence-electron chi connectivity index (χ0n) is 22.2. The van der Waals surface area contributed by atoms with Crippen molar-refractivity contribution in [2.75, 3.05) is 25.6 Å². The summed E-state index contributed by atoms with van der Waals surface area (Å²) in [6.45, 7) is 6.60. The highest BCUT2D eigenvalue weighted by atomic mass is 16.5. The molecule has 0 amide bonds. The molecule has 34 heavy (non-hydrogen) atoms. The lowest BCUT2D eigenvalue weighted by atomic mass is 9.99. The molecule has 190 valence electrons. The average Bonchev–Trinajstić information content (AvgIpc) is 2.84. The van der Waals surface area contributed by atoms with Crippen LogP contribution < -0.4 is 4.90 Å². The highest BCUT2D eigenvalue weighted by Crippen LogP contribution is 2.29. The summed E-state index contributed by atoms with van der Waals surface area (Å²) >= 11 is 0. The topological polar surface area (TPSA) is 53.3 Å². The van der Waals surface area contributed by atoms with Crippen LogP contribution in [0.15, 0.2) is 24.8 Å². The predicted molar refractivity (Wildman–Crippen MR) is 145 cm³/mol. The number of ether oxygens (including phenoxy) is 1. The molecule has 4 nitrogen and oxygen atoms in total. The second-order valence-electron chi connectivity index (χ2n) is 9.62. The predicted octanol–water partition coefficient (Wildman–Crippen LogP) is 8.44. The van der Waals surface area contributed by atoms with Gasteiger partial charge in [-0.1, -0.05) is 116 Å². The van der Waals surface area contributed by atoms with E-state index in [0.29, 0.717) is 17.7 Å². The van der Waals surface area contributed by atoms with Gasteiger partial charge in [-0.25, -0.2) is 4.79 Å². The van der Waals surface area contributed by atoms with Crippen molar-refractivity contribution in [1.82, 2.24) is 0 Å². The van der Waals surface area contributed by atoms with E-state index in [9.17, 15) is 10.1 Å². The van der Waals surface area contributed by atoms with Gasteiger partial charge >= 0.3 is 5.97 Å². The van der Waals surface area contributed by atoms with Gasteiger partial charge in [0.05, 0.1) is 23.8 Å². The number of hydrogen-bond donors (Lipinski definition) is 0. The number of anilines is 1. The monoisotopic (exact) mass is 468 g/mol. The number of carbonyl (C=O) groups is 1. The van der Waals surface area contributed by atoms with E-state index < -0.39 is 5.97 Å². The van der Waals surface area contributed by atoms with E-state index in [-0.39, 0.29) is 5.57 Å². The summed E-state index contributed by atoms with van der Waals surface area (Å²) in [7, 11) is 3.77. The van der Waals surface area contributed by atoms with Gasteiger partial charge in [0.15, 0.2) is 0 Å². The van der Waals surface area contributed by atoms with Crippen LogP contribution in [0.1, 0.15) is 121 Å². The Hall–Kier alpha value is -2.28. The van der Waals surface area contributed by atoms with Gasteiger partial charge in [-0.2, -0.15) is 5.26 Å². The molecular weight excluding hydrogens is 420 g/mol. The summed E-state index contributed by atoms with van der Waals surface area (Å²) in [4.78, 5) is 14.4. The number of esters is 1. The zero-order chi connectivity index (χ0) is 25.0. The lowest BCUT2D eigenvalue weighted by molar-refractivity contribution is -0.136. The van der Waals surface area contributed by atoms with E-state index in [2.05, 4.69) is 19.6 Å². The molecule has 0 fully saturated rings. The van der Waals surface area contributed by atoms with Crippen molar-refractivity contribution in [2.45, 2.75) is 110 Å². The Morgan fingerprint density at radius 2 is 1.32 bits per heavy atom. The van der Waals surface area contributed by atoms with Crippen LogP contribution >= 0.6 is 0 Å². The van der Waals surface area contributed by atoms with Gasteiger partial charge in [0.25, 0.3) is 0 Å². The maximum absolute atomic E-state index is 12.5. The molecule has 0 heterocycles. The van der Waals surface area contributed by atoms with Crippen LogP contribution in [0.25, 0.3) is 5.57 Å². The first-order chi connectivity index (χ1) is 16.5. The molecule has 4 heteroatoms. The van der Waals surface area contributed by atoms with Gasteiger partial charge in [0.2, 0.25) is 0 Å². The van der Waals surface area contributed by atoms with Crippen molar-refractivity contribution in [3.63, 3.8) is 0 Å². The van der Waals surface area contributed by atoms with Crippen molar-refractivity contribution in [2.24, 2.45) is 0 Å². The molecule has 0 spiro atoms. The first-order valence-corrected chi connectivity index (χ1v) is 13.6. The highest BCUT2D eigenvalue weighted by Gasteiger charge is 2.19. The van der Waals surface area contributed by atoms with Crippen LogP contribution in [0.3, 0.4) is 0 Å². The van der Waals surface area contributed by atoms with Crippen molar-refractivity contribution in [3.05, 3.63) is 35.9 Å². The smallest absolute Gasteiger partial charge is 0.338 e. The molecule has 0 unspecified atom stereocenters. The van der Waals surface area contributed by atoms with E-state index in [1.54, 1.807) is 6.07 Å². The average molecular weight is 469 g/mol. The minimum Gasteiger partial charge on any atom is -0.462 e. The van der Waals surface area contributed by atoms with E-state index >= 15 is 0 Å². The number of carbonyl (C=O) groups excluding carboxylic acids is 1. The Balaban J connectivity index is 2.07. The van der Waals surface area contributed by atoms with Gasteiger partial charge < -0.3 is 9.64 Å². The number of nitrogens with zero attached hydrogens (tertiary/aromatic N) is 2. The fourth-order valence-corrected chi connectivity index (χ4v) is 4.33. The summed E-state index contributed by atoms with van der Waals surface area (Å²) in [5.41, 5.74) is 2.04. The molecule has 0 aliphatic heterocycles. The minimum atomic E-state index is -0.438. The van der Waals surface area contributed by atoms with E-state index in [1.807, 2.05) is 31.1 Å². The first-order valence-electron chi connectivity index (χ1n) is 13.6. The molecule has 0 aliphatic rings. The van der Waals surface area contributed by atoms with E-state index in [4.69, 9.17) is 4.74 Å². The Bertz CT molecular complexity index is 749. The molecule has 0 saturated heterocycles. The van der Waals surface area contributed by atoms with E-state index in [1.165, 1.54) is 89.9 Å². The van der Waals surface area contributed by atoms with Gasteiger partial charge in [-0.05, 0) is 18.6 Å². The Kier molecular flexibility index (Phi) is 16.7. The van der Waals surface area contributed by atoms with Crippen LogP contribution in [0.2, 0.25) is 0 Å². The maximum atomic E-state index is 12.5. The first kappa shape index (κ1) is 29.8. The molecule has 0 N–H and O–H groups in total. The molecule has 0 bridgehead atoms. The lowest BCUT2D eigenvalue weighted by Crippen LogP contribution is -2.15. The van der Waals surface area contributed by atoms with Gasteiger partial charge in [0, 0.05) is 25.3 Å². The highest BCUT2D eigenvalue weighted by molar-refractivity contribution is 6.18. The summed E-state index contributed by atoms with van der Waals surface area (Å²) in [6, 6.07) is 7.55. The normalized spacial score (nSPS) is 10.6. The SMILES string of the molecule is C=C(C(=O)OCCCCCCCCCCCCCCCCCC)c1c(C#N)cccc1N(C)C.